The van der Waals surface area contributed by atoms with Crippen LogP contribution < -0.4 is 0 Å². The SMILES string of the molecule is O=C(c1ccccc1)[C@](F)(CCCl)c1ccccc1. The highest BCUT2D eigenvalue weighted by atomic mass is 35.5. The summed E-state index contributed by atoms with van der Waals surface area (Å²) in [4.78, 5) is 12.4. The minimum absolute atomic E-state index is 0.0354. The number of carbonyl (C=O) groups excluding carboxylic acids is 1. The molecule has 19 heavy (non-hydrogen) atoms. The summed E-state index contributed by atoms with van der Waals surface area (Å²) in [6.45, 7) is 0. The molecule has 2 aromatic carbocycles. The second-order valence-corrected chi connectivity index (χ2v) is 4.68. The fourth-order valence-corrected chi connectivity index (χ4v) is 2.30. The van der Waals surface area contributed by atoms with Crippen LogP contribution in [-0.4, -0.2) is 11.7 Å². The first-order valence-electron chi connectivity index (χ1n) is 6.09. The molecule has 3 heteroatoms. The Hall–Kier alpha value is -1.67. The van der Waals surface area contributed by atoms with E-state index in [1.165, 1.54) is 0 Å². The topological polar surface area (TPSA) is 17.1 Å². The van der Waals surface area contributed by atoms with Gasteiger partial charge in [0.15, 0.2) is 5.67 Å². The van der Waals surface area contributed by atoms with E-state index in [1.54, 1.807) is 60.7 Å². The summed E-state index contributed by atoms with van der Waals surface area (Å²) in [7, 11) is 0. The average molecular weight is 277 g/mol. The maximum Gasteiger partial charge on any atom is 0.204 e. The van der Waals surface area contributed by atoms with Crippen molar-refractivity contribution in [2.75, 3.05) is 5.88 Å². The second-order valence-electron chi connectivity index (χ2n) is 4.30. The molecule has 0 aliphatic rings. The van der Waals surface area contributed by atoms with Crippen LogP contribution >= 0.6 is 11.6 Å². The van der Waals surface area contributed by atoms with Gasteiger partial charge in [-0.25, -0.2) is 4.39 Å². The zero-order valence-electron chi connectivity index (χ0n) is 10.4. The molecule has 0 aliphatic carbocycles. The summed E-state index contributed by atoms with van der Waals surface area (Å²) in [6.07, 6.45) is -0.0354. The quantitative estimate of drug-likeness (QED) is 0.586. The fraction of sp³-hybridized carbons (Fsp3) is 0.188. The van der Waals surface area contributed by atoms with E-state index >= 15 is 4.39 Å². The number of carbonyl (C=O) groups is 1. The molecule has 0 spiro atoms. The Morgan fingerprint density at radius 3 is 2.05 bits per heavy atom. The molecule has 1 atom stereocenters. The lowest BCUT2D eigenvalue weighted by atomic mass is 9.85. The molecule has 0 unspecified atom stereocenters. The van der Waals surface area contributed by atoms with E-state index in [2.05, 4.69) is 0 Å². The smallest absolute Gasteiger partial charge is 0.204 e. The van der Waals surface area contributed by atoms with Crippen LogP contribution in [0.4, 0.5) is 4.39 Å². The lowest BCUT2D eigenvalue weighted by molar-refractivity contribution is 0.0668. The lowest BCUT2D eigenvalue weighted by Crippen LogP contribution is -2.31. The number of hydrogen-bond donors (Lipinski definition) is 0. The van der Waals surface area contributed by atoms with E-state index < -0.39 is 11.5 Å². The van der Waals surface area contributed by atoms with Crippen LogP contribution in [0.3, 0.4) is 0 Å². The standard InChI is InChI=1S/C16H14ClFO/c17-12-11-16(18,14-9-5-2-6-10-14)15(19)13-7-3-1-4-8-13/h1-10H,11-12H2/t16-/m0/s1. The molecule has 0 aromatic heterocycles. The van der Waals surface area contributed by atoms with Gasteiger partial charge in [-0.1, -0.05) is 60.7 Å². The number of benzene rings is 2. The van der Waals surface area contributed by atoms with Crippen molar-refractivity contribution in [3.63, 3.8) is 0 Å². The van der Waals surface area contributed by atoms with Crippen LogP contribution in [-0.2, 0) is 5.67 Å². The summed E-state index contributed by atoms with van der Waals surface area (Å²) in [5, 5.41) is 0. The molecule has 0 radical (unpaired) electrons. The highest BCUT2D eigenvalue weighted by Gasteiger charge is 2.40. The fourth-order valence-electron chi connectivity index (χ4n) is 2.04. The van der Waals surface area contributed by atoms with Crippen LogP contribution in [0.5, 0.6) is 0 Å². The third-order valence-electron chi connectivity index (χ3n) is 3.07. The number of hydrogen-bond acceptors (Lipinski definition) is 1. The average Bonchev–Trinajstić information content (AvgIpc) is 2.48. The van der Waals surface area contributed by atoms with E-state index in [9.17, 15) is 4.79 Å². The van der Waals surface area contributed by atoms with E-state index in [0.717, 1.165) is 0 Å². The predicted molar refractivity (Wildman–Crippen MR) is 75.3 cm³/mol. The molecule has 0 fully saturated rings. The molecule has 0 aliphatic heterocycles. The Kier molecular flexibility index (Phi) is 4.33. The van der Waals surface area contributed by atoms with Gasteiger partial charge in [-0.05, 0) is 5.56 Å². The van der Waals surface area contributed by atoms with Gasteiger partial charge in [0, 0.05) is 17.9 Å². The molecular formula is C16H14ClFO. The molecule has 2 aromatic rings. The summed E-state index contributed by atoms with van der Waals surface area (Å²) in [5.41, 5.74) is -1.35. The number of Topliss-reactive ketones (excluding diaryl/α,β-unsaturated/α-hetero) is 1. The van der Waals surface area contributed by atoms with Crippen LogP contribution in [0.15, 0.2) is 60.7 Å². The van der Waals surface area contributed by atoms with E-state index in [1.807, 2.05) is 0 Å². The Bertz CT molecular complexity index is 541. The van der Waals surface area contributed by atoms with Crippen molar-refractivity contribution in [3.8, 4) is 0 Å². The molecule has 0 bridgehead atoms. The van der Waals surface area contributed by atoms with Gasteiger partial charge >= 0.3 is 0 Å². The van der Waals surface area contributed by atoms with Crippen molar-refractivity contribution in [2.24, 2.45) is 0 Å². The molecule has 0 heterocycles. The first-order valence-corrected chi connectivity index (χ1v) is 6.62. The minimum Gasteiger partial charge on any atom is -0.290 e. The maximum atomic E-state index is 15.2. The van der Waals surface area contributed by atoms with Gasteiger partial charge in [0.1, 0.15) is 0 Å². The molecule has 0 saturated heterocycles. The third-order valence-corrected chi connectivity index (χ3v) is 3.26. The number of ketones is 1. The van der Waals surface area contributed by atoms with Gasteiger partial charge in [0.25, 0.3) is 0 Å². The van der Waals surface area contributed by atoms with Crippen molar-refractivity contribution < 1.29 is 9.18 Å². The summed E-state index contributed by atoms with van der Waals surface area (Å²) >= 11 is 5.68. The van der Waals surface area contributed by atoms with Crippen molar-refractivity contribution in [2.45, 2.75) is 12.1 Å². The monoisotopic (exact) mass is 276 g/mol. The Balaban J connectivity index is 2.43. The summed E-state index contributed by atoms with van der Waals surface area (Å²) in [6, 6.07) is 16.9. The van der Waals surface area contributed by atoms with Gasteiger partial charge in [0.05, 0.1) is 0 Å². The van der Waals surface area contributed by atoms with Crippen LogP contribution in [0.1, 0.15) is 22.3 Å². The van der Waals surface area contributed by atoms with Crippen molar-refractivity contribution in [1.29, 1.82) is 0 Å². The molecule has 2 rings (SSSR count). The minimum atomic E-state index is -2.07. The van der Waals surface area contributed by atoms with E-state index in [4.69, 9.17) is 11.6 Å². The lowest BCUT2D eigenvalue weighted by Gasteiger charge is -2.23. The number of alkyl halides is 2. The van der Waals surface area contributed by atoms with Crippen molar-refractivity contribution in [1.82, 2.24) is 0 Å². The second kappa shape index (κ2) is 5.98. The zero-order valence-corrected chi connectivity index (χ0v) is 11.1. The van der Waals surface area contributed by atoms with Crippen molar-refractivity contribution >= 4 is 17.4 Å². The molecule has 0 saturated carbocycles. The van der Waals surface area contributed by atoms with E-state index in [0.29, 0.717) is 11.1 Å². The largest absolute Gasteiger partial charge is 0.290 e. The van der Waals surface area contributed by atoms with Gasteiger partial charge in [-0.15, -0.1) is 11.6 Å². The first kappa shape index (κ1) is 13.8. The van der Waals surface area contributed by atoms with E-state index in [-0.39, 0.29) is 12.3 Å². The number of rotatable bonds is 5. The summed E-state index contributed by atoms with van der Waals surface area (Å²) in [5.74, 6) is -0.454. The van der Waals surface area contributed by atoms with Gasteiger partial charge in [-0.2, -0.15) is 0 Å². The first-order chi connectivity index (χ1) is 9.18. The highest BCUT2D eigenvalue weighted by molar-refractivity contribution is 6.18. The molecule has 98 valence electrons. The predicted octanol–water partition coefficient (Wildman–Crippen LogP) is 4.36. The van der Waals surface area contributed by atoms with Crippen molar-refractivity contribution in [3.05, 3.63) is 71.8 Å². The molecular weight excluding hydrogens is 263 g/mol. The third kappa shape index (κ3) is 2.85. The Morgan fingerprint density at radius 2 is 1.53 bits per heavy atom. The van der Waals surface area contributed by atoms with Crippen LogP contribution in [0.25, 0.3) is 0 Å². The summed E-state index contributed by atoms with van der Waals surface area (Å²) < 4.78 is 15.2. The highest BCUT2D eigenvalue weighted by Crippen LogP contribution is 2.34. The Labute approximate surface area is 117 Å². The maximum absolute atomic E-state index is 15.2. The van der Waals surface area contributed by atoms with Gasteiger partial charge in [0.2, 0.25) is 5.78 Å². The Morgan fingerprint density at radius 1 is 1.00 bits per heavy atom. The van der Waals surface area contributed by atoms with Crippen LogP contribution in [0, 0.1) is 0 Å². The molecule has 0 amide bonds. The van der Waals surface area contributed by atoms with Gasteiger partial charge < -0.3 is 0 Å². The van der Waals surface area contributed by atoms with Crippen LogP contribution in [0.2, 0.25) is 0 Å². The number of halogens is 2. The zero-order chi connectivity index (χ0) is 13.7. The van der Waals surface area contributed by atoms with Gasteiger partial charge in [-0.3, -0.25) is 4.79 Å². The molecule has 0 N–H and O–H groups in total. The normalized spacial score (nSPS) is 13.8. The molecule has 1 nitrogen and oxygen atoms in total.